The van der Waals surface area contributed by atoms with E-state index in [1.54, 1.807) is 6.92 Å². The molecule has 1 N–H and O–H groups in total. The van der Waals surface area contributed by atoms with E-state index in [1.165, 1.54) is 0 Å². The number of Topliss-reactive ketones (excluding diaryl/α,β-unsaturated/α-hetero) is 1. The molecular formula is C23H29NO3. The van der Waals surface area contributed by atoms with Crippen molar-refractivity contribution in [3.8, 4) is 0 Å². The lowest BCUT2D eigenvalue weighted by atomic mass is 9.68. The number of allylic oxidation sites excluding steroid dienone is 3. The van der Waals surface area contributed by atoms with E-state index in [4.69, 9.17) is 4.74 Å². The number of carbonyl (C=O) groups is 2. The van der Waals surface area contributed by atoms with Crippen LogP contribution in [0.2, 0.25) is 0 Å². The zero-order valence-electron chi connectivity index (χ0n) is 17.2. The first-order valence-corrected chi connectivity index (χ1v) is 9.63. The van der Waals surface area contributed by atoms with Gasteiger partial charge in [-0.1, -0.05) is 37.6 Å². The van der Waals surface area contributed by atoms with Crippen molar-refractivity contribution in [3.05, 3.63) is 57.4 Å². The second kappa shape index (κ2) is 6.99. The standard InChI is InChI=1S/C23H29NO3/c1-7-27-22(26)19-15(4)24-17-11-23(5,6)12-18(25)21(17)20(19)16-9-8-13(2)10-14(16)3/h8-10,20,24H,7,11-12H2,1-6H3/t20-/m1/s1. The molecule has 0 saturated heterocycles. The van der Waals surface area contributed by atoms with Crippen molar-refractivity contribution >= 4 is 11.8 Å². The van der Waals surface area contributed by atoms with Gasteiger partial charge in [-0.3, -0.25) is 4.79 Å². The largest absolute Gasteiger partial charge is 0.463 e. The summed E-state index contributed by atoms with van der Waals surface area (Å²) in [4.78, 5) is 26.0. The summed E-state index contributed by atoms with van der Waals surface area (Å²) in [5.74, 6) is -0.603. The molecule has 1 aromatic carbocycles. The van der Waals surface area contributed by atoms with Crippen LogP contribution in [-0.2, 0) is 14.3 Å². The minimum atomic E-state index is -0.371. The third-order valence-electron chi connectivity index (χ3n) is 5.47. The SMILES string of the molecule is CCOC(=O)C1=C(C)NC2=C(C(=O)CC(C)(C)C2)[C@@H]1c1ccc(C)cc1C. The number of hydrogen-bond donors (Lipinski definition) is 1. The Hall–Kier alpha value is -2.36. The van der Waals surface area contributed by atoms with E-state index in [1.807, 2.05) is 32.9 Å². The molecule has 1 heterocycles. The molecular weight excluding hydrogens is 338 g/mol. The smallest absolute Gasteiger partial charge is 0.336 e. The Morgan fingerprint density at radius 1 is 1.22 bits per heavy atom. The van der Waals surface area contributed by atoms with Gasteiger partial charge in [0.25, 0.3) is 0 Å². The molecule has 0 spiro atoms. The van der Waals surface area contributed by atoms with Gasteiger partial charge in [-0.2, -0.15) is 0 Å². The molecule has 0 radical (unpaired) electrons. The van der Waals surface area contributed by atoms with Crippen molar-refractivity contribution in [1.82, 2.24) is 5.32 Å². The fourth-order valence-corrected chi connectivity index (χ4v) is 4.38. The highest BCUT2D eigenvalue weighted by atomic mass is 16.5. The first kappa shape index (κ1) is 19.4. The van der Waals surface area contributed by atoms with Crippen LogP contribution in [0.3, 0.4) is 0 Å². The molecule has 0 fully saturated rings. The number of dihydropyridines is 1. The highest BCUT2D eigenvalue weighted by Gasteiger charge is 2.43. The molecule has 0 aromatic heterocycles. The van der Waals surface area contributed by atoms with Gasteiger partial charge in [-0.25, -0.2) is 4.79 Å². The predicted octanol–water partition coefficient (Wildman–Crippen LogP) is 4.47. The number of rotatable bonds is 3. The molecule has 144 valence electrons. The van der Waals surface area contributed by atoms with E-state index >= 15 is 0 Å². The van der Waals surface area contributed by atoms with Gasteiger partial charge in [0.2, 0.25) is 0 Å². The molecule has 4 nitrogen and oxygen atoms in total. The Kier molecular flexibility index (Phi) is 5.02. The molecule has 4 heteroatoms. The second-order valence-electron chi connectivity index (χ2n) is 8.51. The zero-order chi connectivity index (χ0) is 19.9. The highest BCUT2D eigenvalue weighted by Crippen LogP contribution is 2.47. The number of aryl methyl sites for hydroxylation is 2. The molecule has 1 aliphatic carbocycles. The van der Waals surface area contributed by atoms with Crippen LogP contribution in [0.15, 0.2) is 40.7 Å². The van der Waals surface area contributed by atoms with Crippen molar-refractivity contribution < 1.29 is 14.3 Å². The number of carbonyl (C=O) groups excluding carboxylic acids is 2. The maximum Gasteiger partial charge on any atom is 0.336 e. The number of ketones is 1. The lowest BCUT2D eigenvalue weighted by Gasteiger charge is -2.39. The maximum absolute atomic E-state index is 13.2. The fourth-order valence-electron chi connectivity index (χ4n) is 4.38. The Morgan fingerprint density at radius 2 is 1.93 bits per heavy atom. The van der Waals surface area contributed by atoms with Gasteiger partial charge in [-0.15, -0.1) is 0 Å². The van der Waals surface area contributed by atoms with E-state index in [9.17, 15) is 9.59 Å². The molecule has 3 rings (SSSR count). The molecule has 1 aliphatic heterocycles. The summed E-state index contributed by atoms with van der Waals surface area (Å²) < 4.78 is 5.35. The van der Waals surface area contributed by atoms with E-state index < -0.39 is 0 Å². The molecule has 0 amide bonds. The Morgan fingerprint density at radius 3 is 2.56 bits per heavy atom. The van der Waals surface area contributed by atoms with Crippen LogP contribution < -0.4 is 5.32 Å². The summed E-state index contributed by atoms with van der Waals surface area (Å²) in [5, 5.41) is 3.36. The normalized spacial score (nSPS) is 21.7. The number of esters is 1. The van der Waals surface area contributed by atoms with Gasteiger partial charge < -0.3 is 10.1 Å². The van der Waals surface area contributed by atoms with Crippen molar-refractivity contribution in [2.75, 3.05) is 6.61 Å². The summed E-state index contributed by atoms with van der Waals surface area (Å²) in [5.41, 5.74) is 6.18. The first-order chi connectivity index (χ1) is 12.6. The van der Waals surface area contributed by atoms with Crippen LogP contribution in [0.5, 0.6) is 0 Å². The Bertz CT molecular complexity index is 874. The molecule has 1 aromatic rings. The topological polar surface area (TPSA) is 55.4 Å². The molecule has 0 bridgehead atoms. The minimum absolute atomic E-state index is 0.0858. The summed E-state index contributed by atoms with van der Waals surface area (Å²) >= 11 is 0. The van der Waals surface area contributed by atoms with Gasteiger partial charge in [0.15, 0.2) is 5.78 Å². The minimum Gasteiger partial charge on any atom is -0.463 e. The lowest BCUT2D eigenvalue weighted by Crippen LogP contribution is -2.38. The highest BCUT2D eigenvalue weighted by molar-refractivity contribution is 6.04. The van der Waals surface area contributed by atoms with Crippen LogP contribution in [-0.4, -0.2) is 18.4 Å². The Balaban J connectivity index is 2.22. The van der Waals surface area contributed by atoms with Crippen LogP contribution in [0.25, 0.3) is 0 Å². The fraction of sp³-hybridized carbons (Fsp3) is 0.478. The number of hydrogen-bond acceptors (Lipinski definition) is 4. The van der Waals surface area contributed by atoms with Crippen molar-refractivity contribution in [2.45, 2.75) is 60.3 Å². The quantitative estimate of drug-likeness (QED) is 0.801. The third-order valence-corrected chi connectivity index (χ3v) is 5.47. The van der Waals surface area contributed by atoms with E-state index in [0.29, 0.717) is 18.6 Å². The summed E-state index contributed by atoms with van der Waals surface area (Å²) in [6, 6.07) is 6.19. The van der Waals surface area contributed by atoms with Gasteiger partial charge in [-0.05, 0) is 50.7 Å². The number of nitrogens with one attached hydrogen (secondary N) is 1. The van der Waals surface area contributed by atoms with Gasteiger partial charge >= 0.3 is 5.97 Å². The third kappa shape index (κ3) is 3.58. The second-order valence-corrected chi connectivity index (χ2v) is 8.51. The van der Waals surface area contributed by atoms with Gasteiger partial charge in [0.05, 0.1) is 12.2 Å². The van der Waals surface area contributed by atoms with Gasteiger partial charge in [0, 0.05) is 29.3 Å². The predicted molar refractivity (Wildman–Crippen MR) is 106 cm³/mol. The molecule has 2 aliphatic rings. The van der Waals surface area contributed by atoms with Crippen LogP contribution in [0.1, 0.15) is 63.1 Å². The number of benzene rings is 1. The van der Waals surface area contributed by atoms with E-state index in [-0.39, 0.29) is 23.1 Å². The monoisotopic (exact) mass is 367 g/mol. The van der Waals surface area contributed by atoms with Crippen molar-refractivity contribution in [1.29, 1.82) is 0 Å². The summed E-state index contributed by atoms with van der Waals surface area (Å²) in [6.45, 7) is 12.3. The molecule has 1 atom stereocenters. The molecule has 0 unspecified atom stereocenters. The molecule has 0 saturated carbocycles. The number of ether oxygens (including phenoxy) is 1. The van der Waals surface area contributed by atoms with Crippen LogP contribution >= 0.6 is 0 Å². The van der Waals surface area contributed by atoms with Crippen LogP contribution in [0.4, 0.5) is 0 Å². The first-order valence-electron chi connectivity index (χ1n) is 9.63. The van der Waals surface area contributed by atoms with Crippen molar-refractivity contribution in [3.63, 3.8) is 0 Å². The average molecular weight is 367 g/mol. The average Bonchev–Trinajstić information content (AvgIpc) is 2.52. The van der Waals surface area contributed by atoms with E-state index in [0.717, 1.165) is 40.1 Å². The lowest BCUT2D eigenvalue weighted by molar-refractivity contribution is -0.138. The van der Waals surface area contributed by atoms with Crippen molar-refractivity contribution in [2.24, 2.45) is 5.41 Å². The summed E-state index contributed by atoms with van der Waals surface area (Å²) in [6.07, 6.45) is 1.28. The van der Waals surface area contributed by atoms with Gasteiger partial charge in [0.1, 0.15) is 0 Å². The van der Waals surface area contributed by atoms with Crippen LogP contribution in [0, 0.1) is 19.3 Å². The summed E-state index contributed by atoms with van der Waals surface area (Å²) in [7, 11) is 0. The maximum atomic E-state index is 13.2. The Labute approximate surface area is 161 Å². The van der Waals surface area contributed by atoms with E-state index in [2.05, 4.69) is 25.2 Å². The molecule has 27 heavy (non-hydrogen) atoms. The zero-order valence-corrected chi connectivity index (χ0v) is 17.2.